The first-order valence-electron chi connectivity index (χ1n) is 5.38. The van der Waals surface area contributed by atoms with Crippen LogP contribution in [-0.4, -0.2) is 25.2 Å². The zero-order chi connectivity index (χ0) is 13.8. The molecular formula is C11H14ClNO4S. The summed E-state index contributed by atoms with van der Waals surface area (Å²) in [5.41, 5.74) is 0.103. The van der Waals surface area contributed by atoms with E-state index in [0.29, 0.717) is 6.42 Å². The number of benzene rings is 1. The number of hydrogen-bond donors (Lipinski definition) is 2. The highest BCUT2D eigenvalue weighted by Gasteiger charge is 2.12. The Morgan fingerprint density at radius 1 is 1.39 bits per heavy atom. The SMILES string of the molecule is CCCCS(=O)(=O)Nc1cc(Cl)cc(C(=O)O)c1. The van der Waals surface area contributed by atoms with Gasteiger partial charge in [0.05, 0.1) is 17.0 Å². The van der Waals surface area contributed by atoms with Gasteiger partial charge in [0, 0.05) is 5.02 Å². The zero-order valence-electron chi connectivity index (χ0n) is 9.81. The van der Waals surface area contributed by atoms with Crippen LogP contribution in [0, 0.1) is 0 Å². The van der Waals surface area contributed by atoms with Crippen LogP contribution >= 0.6 is 11.6 Å². The summed E-state index contributed by atoms with van der Waals surface area (Å²) in [6, 6.07) is 3.86. The molecule has 0 unspecified atom stereocenters. The van der Waals surface area contributed by atoms with Gasteiger partial charge in [0.25, 0.3) is 0 Å². The van der Waals surface area contributed by atoms with E-state index in [1.807, 2.05) is 6.92 Å². The Hall–Kier alpha value is -1.27. The molecule has 0 bridgehead atoms. The number of anilines is 1. The second-order valence-electron chi connectivity index (χ2n) is 3.81. The van der Waals surface area contributed by atoms with Gasteiger partial charge in [-0.05, 0) is 24.6 Å². The minimum Gasteiger partial charge on any atom is -0.478 e. The number of sulfonamides is 1. The lowest BCUT2D eigenvalue weighted by Gasteiger charge is -2.08. The van der Waals surface area contributed by atoms with Crippen LogP contribution in [0.1, 0.15) is 30.1 Å². The molecule has 18 heavy (non-hydrogen) atoms. The third-order valence-corrected chi connectivity index (χ3v) is 3.78. The Morgan fingerprint density at radius 2 is 2.06 bits per heavy atom. The van der Waals surface area contributed by atoms with Crippen LogP contribution in [-0.2, 0) is 10.0 Å². The topological polar surface area (TPSA) is 83.5 Å². The first kappa shape index (κ1) is 14.8. The van der Waals surface area contributed by atoms with E-state index in [4.69, 9.17) is 16.7 Å². The molecule has 5 nitrogen and oxygen atoms in total. The predicted octanol–water partition coefficient (Wildman–Crippen LogP) is 2.58. The van der Waals surface area contributed by atoms with Gasteiger partial charge in [-0.2, -0.15) is 0 Å². The average molecular weight is 292 g/mol. The van der Waals surface area contributed by atoms with Crippen molar-refractivity contribution in [1.29, 1.82) is 0 Å². The van der Waals surface area contributed by atoms with E-state index in [1.54, 1.807) is 0 Å². The monoisotopic (exact) mass is 291 g/mol. The fourth-order valence-electron chi connectivity index (χ4n) is 1.34. The van der Waals surface area contributed by atoms with Crippen molar-refractivity contribution in [3.63, 3.8) is 0 Å². The summed E-state index contributed by atoms with van der Waals surface area (Å²) in [6.45, 7) is 1.89. The second-order valence-corrected chi connectivity index (χ2v) is 6.09. The Bertz CT molecular complexity index is 542. The molecule has 0 radical (unpaired) electrons. The van der Waals surface area contributed by atoms with Gasteiger partial charge in [0.2, 0.25) is 10.0 Å². The summed E-state index contributed by atoms with van der Waals surface area (Å²) < 4.78 is 25.6. The van der Waals surface area contributed by atoms with Crippen molar-refractivity contribution in [2.75, 3.05) is 10.5 Å². The molecule has 0 spiro atoms. The van der Waals surface area contributed by atoms with Crippen LogP contribution in [0.15, 0.2) is 18.2 Å². The lowest BCUT2D eigenvalue weighted by molar-refractivity contribution is 0.0697. The molecular weight excluding hydrogens is 278 g/mol. The fraction of sp³-hybridized carbons (Fsp3) is 0.364. The standard InChI is InChI=1S/C11H14ClNO4S/c1-2-3-4-18(16,17)13-10-6-8(11(14)15)5-9(12)7-10/h5-7,13H,2-4H2,1H3,(H,14,15). The summed E-state index contributed by atoms with van der Waals surface area (Å²) >= 11 is 5.73. The Balaban J connectivity index is 2.94. The zero-order valence-corrected chi connectivity index (χ0v) is 11.4. The van der Waals surface area contributed by atoms with Crippen LogP contribution in [0.25, 0.3) is 0 Å². The lowest BCUT2D eigenvalue weighted by Crippen LogP contribution is -2.16. The van der Waals surface area contributed by atoms with Crippen LogP contribution in [0.2, 0.25) is 5.02 Å². The molecule has 1 aromatic rings. The summed E-state index contributed by atoms with van der Waals surface area (Å²) in [4.78, 5) is 10.8. The number of rotatable bonds is 6. The summed E-state index contributed by atoms with van der Waals surface area (Å²) in [5, 5.41) is 9.01. The van der Waals surface area contributed by atoms with Crippen LogP contribution in [0.3, 0.4) is 0 Å². The molecule has 0 aliphatic rings. The van der Waals surface area contributed by atoms with Crippen molar-refractivity contribution in [2.24, 2.45) is 0 Å². The van der Waals surface area contributed by atoms with Crippen molar-refractivity contribution in [3.05, 3.63) is 28.8 Å². The van der Waals surface area contributed by atoms with E-state index in [1.165, 1.54) is 18.2 Å². The molecule has 0 aliphatic carbocycles. The number of hydrogen-bond acceptors (Lipinski definition) is 3. The Labute approximate surface area is 111 Å². The van der Waals surface area contributed by atoms with Gasteiger partial charge >= 0.3 is 5.97 Å². The molecule has 7 heteroatoms. The van der Waals surface area contributed by atoms with Gasteiger partial charge in [-0.3, -0.25) is 4.72 Å². The number of halogens is 1. The van der Waals surface area contributed by atoms with Crippen molar-refractivity contribution >= 4 is 33.3 Å². The summed E-state index contributed by atoms with van der Waals surface area (Å²) in [7, 11) is -3.46. The average Bonchev–Trinajstić information content (AvgIpc) is 2.25. The number of aromatic carboxylic acids is 1. The van der Waals surface area contributed by atoms with Crippen LogP contribution < -0.4 is 4.72 Å². The van der Waals surface area contributed by atoms with Crippen molar-refractivity contribution in [3.8, 4) is 0 Å². The van der Waals surface area contributed by atoms with Crippen molar-refractivity contribution in [1.82, 2.24) is 0 Å². The normalized spacial score (nSPS) is 11.2. The summed E-state index contributed by atoms with van der Waals surface area (Å²) in [5.74, 6) is -1.16. The highest BCUT2D eigenvalue weighted by atomic mass is 35.5. The quantitative estimate of drug-likeness (QED) is 0.844. The number of nitrogens with one attached hydrogen (secondary N) is 1. The summed E-state index contributed by atoms with van der Waals surface area (Å²) in [6.07, 6.45) is 1.30. The van der Waals surface area contributed by atoms with Gasteiger partial charge < -0.3 is 5.11 Å². The van der Waals surface area contributed by atoms with E-state index in [0.717, 1.165) is 6.42 Å². The highest BCUT2D eigenvalue weighted by molar-refractivity contribution is 7.92. The highest BCUT2D eigenvalue weighted by Crippen LogP contribution is 2.20. The maximum absolute atomic E-state index is 11.6. The Morgan fingerprint density at radius 3 is 2.61 bits per heavy atom. The third kappa shape index (κ3) is 4.54. The first-order valence-corrected chi connectivity index (χ1v) is 7.41. The third-order valence-electron chi connectivity index (χ3n) is 2.18. The molecule has 0 fully saturated rings. The number of unbranched alkanes of at least 4 members (excludes halogenated alkanes) is 1. The van der Waals surface area contributed by atoms with Gasteiger partial charge in [-0.1, -0.05) is 24.9 Å². The van der Waals surface area contributed by atoms with Gasteiger partial charge in [0.1, 0.15) is 0 Å². The second kappa shape index (κ2) is 6.06. The van der Waals surface area contributed by atoms with E-state index < -0.39 is 16.0 Å². The molecule has 2 N–H and O–H groups in total. The molecule has 0 amide bonds. The molecule has 0 heterocycles. The first-order chi connectivity index (χ1) is 8.34. The minimum atomic E-state index is -3.46. The largest absolute Gasteiger partial charge is 0.478 e. The minimum absolute atomic E-state index is 0.00157. The van der Waals surface area contributed by atoms with Gasteiger partial charge in [-0.25, -0.2) is 13.2 Å². The number of carboxylic acid groups (broad SMARTS) is 1. The molecule has 0 saturated heterocycles. The van der Waals surface area contributed by atoms with E-state index >= 15 is 0 Å². The molecule has 0 aromatic heterocycles. The van der Waals surface area contributed by atoms with Crippen LogP contribution in [0.5, 0.6) is 0 Å². The molecule has 0 atom stereocenters. The van der Waals surface area contributed by atoms with Crippen molar-refractivity contribution < 1.29 is 18.3 Å². The molecule has 1 aromatic carbocycles. The van der Waals surface area contributed by atoms with E-state index in [-0.39, 0.29) is 22.0 Å². The van der Waals surface area contributed by atoms with E-state index in [2.05, 4.69) is 4.72 Å². The van der Waals surface area contributed by atoms with E-state index in [9.17, 15) is 13.2 Å². The fourth-order valence-corrected chi connectivity index (χ4v) is 2.82. The van der Waals surface area contributed by atoms with Crippen molar-refractivity contribution in [2.45, 2.75) is 19.8 Å². The lowest BCUT2D eigenvalue weighted by atomic mass is 10.2. The molecule has 100 valence electrons. The molecule has 1 rings (SSSR count). The number of carboxylic acids is 1. The smallest absolute Gasteiger partial charge is 0.335 e. The van der Waals surface area contributed by atoms with Gasteiger partial charge in [0.15, 0.2) is 0 Å². The predicted molar refractivity (Wildman–Crippen MR) is 70.7 cm³/mol. The van der Waals surface area contributed by atoms with Crippen LogP contribution in [0.4, 0.5) is 5.69 Å². The molecule has 0 saturated carbocycles. The Kier molecular flexibility index (Phi) is 4.98. The maximum atomic E-state index is 11.6. The number of carbonyl (C=O) groups is 1. The maximum Gasteiger partial charge on any atom is 0.335 e. The molecule has 0 aliphatic heterocycles. The van der Waals surface area contributed by atoms with Gasteiger partial charge in [-0.15, -0.1) is 0 Å².